The van der Waals surface area contributed by atoms with E-state index < -0.39 is 0 Å². The van der Waals surface area contributed by atoms with Crippen LogP contribution in [0.4, 0.5) is 5.69 Å². The molecule has 0 saturated heterocycles. The number of H-pyrrole nitrogens is 1. The second-order valence-corrected chi connectivity index (χ2v) is 5.00. The fourth-order valence-electron chi connectivity index (χ4n) is 1.64. The quantitative estimate of drug-likeness (QED) is 0.682. The minimum Gasteiger partial charge on any atom is -0.325 e. The van der Waals surface area contributed by atoms with Gasteiger partial charge in [0.25, 0.3) is 11.3 Å². The molecule has 3 rings (SSSR count). The molecule has 1 aromatic carbocycles. The number of aromatic nitrogens is 5. The number of carbonyl (C=O) groups excluding carboxylic acids is 1. The van der Waals surface area contributed by atoms with E-state index >= 15 is 0 Å². The average molecular weight is 302 g/mol. The summed E-state index contributed by atoms with van der Waals surface area (Å²) in [5.41, 5.74) is 0.380. The lowest BCUT2D eigenvalue weighted by Crippen LogP contribution is -2.14. The molecule has 0 unspecified atom stereocenters. The van der Waals surface area contributed by atoms with Gasteiger partial charge in [-0.1, -0.05) is 30.0 Å². The Bertz CT molecular complexity index is 828. The van der Waals surface area contributed by atoms with E-state index in [-0.39, 0.29) is 23.0 Å². The van der Waals surface area contributed by atoms with Crippen molar-refractivity contribution in [1.82, 2.24) is 24.8 Å². The third-order valence-corrected chi connectivity index (χ3v) is 3.45. The van der Waals surface area contributed by atoms with Crippen LogP contribution in [0.3, 0.4) is 0 Å². The highest BCUT2D eigenvalue weighted by Crippen LogP contribution is 2.15. The van der Waals surface area contributed by atoms with Crippen molar-refractivity contribution in [2.45, 2.75) is 5.16 Å². The summed E-state index contributed by atoms with van der Waals surface area (Å²) in [5, 5.41) is 14.8. The summed E-state index contributed by atoms with van der Waals surface area (Å²) in [6.45, 7) is 0. The summed E-state index contributed by atoms with van der Waals surface area (Å²) in [4.78, 5) is 25.4. The number of aromatic amines is 1. The smallest absolute Gasteiger partial charge is 0.271 e. The zero-order valence-corrected chi connectivity index (χ0v) is 11.5. The number of nitrogens with one attached hydrogen (secondary N) is 2. The first-order valence-electron chi connectivity index (χ1n) is 6.01. The number of rotatable bonds is 4. The van der Waals surface area contributed by atoms with Crippen LogP contribution in [0, 0.1) is 0 Å². The maximum Gasteiger partial charge on any atom is 0.271 e. The molecule has 2 aromatic heterocycles. The van der Waals surface area contributed by atoms with Crippen molar-refractivity contribution in [2.75, 3.05) is 11.1 Å². The Hall–Kier alpha value is -2.68. The molecule has 0 atom stereocenters. The molecule has 0 fully saturated rings. The van der Waals surface area contributed by atoms with Crippen molar-refractivity contribution >= 4 is 29.1 Å². The molecule has 0 aliphatic heterocycles. The number of amides is 1. The largest absolute Gasteiger partial charge is 0.325 e. The number of nitrogens with zero attached hydrogens (tertiary/aromatic N) is 4. The van der Waals surface area contributed by atoms with Gasteiger partial charge in [0.1, 0.15) is 6.20 Å². The molecular weight excluding hydrogens is 292 g/mol. The molecule has 0 radical (unpaired) electrons. The summed E-state index contributed by atoms with van der Waals surface area (Å²) >= 11 is 1.18. The van der Waals surface area contributed by atoms with Crippen LogP contribution in [0.15, 0.2) is 46.5 Å². The fourth-order valence-corrected chi connectivity index (χ4v) is 2.33. The van der Waals surface area contributed by atoms with Crippen LogP contribution in [0.1, 0.15) is 0 Å². The van der Waals surface area contributed by atoms with Gasteiger partial charge in [0.15, 0.2) is 0 Å². The second-order valence-electron chi connectivity index (χ2n) is 4.05. The van der Waals surface area contributed by atoms with E-state index in [9.17, 15) is 9.59 Å². The highest BCUT2D eigenvalue weighted by atomic mass is 32.2. The standard InChI is InChI=1S/C12H10N6O2S/c19-9-6-13-18-11(15-9)16-17-12(18)21-7-10(20)14-8-4-2-1-3-5-8/h1-6H,7H2,(H,14,20)(H,15,16,19). The first kappa shape index (κ1) is 13.3. The van der Waals surface area contributed by atoms with Crippen LogP contribution in [-0.2, 0) is 4.79 Å². The number of thioether (sulfide) groups is 1. The van der Waals surface area contributed by atoms with Gasteiger partial charge in [-0.15, -0.1) is 10.2 Å². The highest BCUT2D eigenvalue weighted by molar-refractivity contribution is 7.99. The van der Waals surface area contributed by atoms with E-state index in [4.69, 9.17) is 0 Å². The third kappa shape index (κ3) is 3.08. The van der Waals surface area contributed by atoms with Crippen molar-refractivity contribution in [2.24, 2.45) is 0 Å². The maximum absolute atomic E-state index is 11.8. The number of fused-ring (bicyclic) bond motifs is 1. The Morgan fingerprint density at radius 1 is 1.29 bits per heavy atom. The van der Waals surface area contributed by atoms with Gasteiger partial charge >= 0.3 is 0 Å². The molecular formula is C12H10N6O2S. The van der Waals surface area contributed by atoms with Crippen molar-refractivity contribution in [3.05, 3.63) is 46.9 Å². The third-order valence-electron chi connectivity index (χ3n) is 2.53. The van der Waals surface area contributed by atoms with Crippen molar-refractivity contribution in [1.29, 1.82) is 0 Å². The SMILES string of the molecule is O=C(CSc1nnc2[nH]c(=O)cnn12)Nc1ccccc1. The molecule has 106 valence electrons. The van der Waals surface area contributed by atoms with Gasteiger partial charge in [0, 0.05) is 5.69 Å². The lowest BCUT2D eigenvalue weighted by molar-refractivity contribution is -0.113. The van der Waals surface area contributed by atoms with E-state index in [0.29, 0.717) is 5.16 Å². The minimum absolute atomic E-state index is 0.160. The van der Waals surface area contributed by atoms with Crippen LogP contribution in [-0.4, -0.2) is 36.5 Å². The molecule has 0 spiro atoms. The number of hydrogen-bond donors (Lipinski definition) is 2. The lowest BCUT2D eigenvalue weighted by atomic mass is 10.3. The number of benzene rings is 1. The van der Waals surface area contributed by atoms with Crippen LogP contribution in [0.2, 0.25) is 0 Å². The summed E-state index contributed by atoms with van der Waals surface area (Å²) in [6.07, 6.45) is 1.13. The number of anilines is 1. The fraction of sp³-hybridized carbons (Fsp3) is 0.0833. The number of carbonyl (C=O) groups is 1. The van der Waals surface area contributed by atoms with E-state index in [1.807, 2.05) is 18.2 Å². The summed E-state index contributed by atoms with van der Waals surface area (Å²) in [5.74, 6) is 0.247. The van der Waals surface area contributed by atoms with E-state index in [0.717, 1.165) is 11.9 Å². The van der Waals surface area contributed by atoms with Crippen molar-refractivity contribution in [3.8, 4) is 0 Å². The monoisotopic (exact) mass is 302 g/mol. The normalized spacial score (nSPS) is 10.7. The van der Waals surface area contributed by atoms with Crippen LogP contribution < -0.4 is 10.9 Å². The molecule has 0 bridgehead atoms. The van der Waals surface area contributed by atoms with Gasteiger partial charge in [-0.3, -0.25) is 14.6 Å². The maximum atomic E-state index is 11.8. The molecule has 1 amide bonds. The Balaban J connectivity index is 1.66. The van der Waals surface area contributed by atoms with E-state index in [1.54, 1.807) is 12.1 Å². The van der Waals surface area contributed by atoms with Gasteiger partial charge < -0.3 is 5.32 Å². The van der Waals surface area contributed by atoms with E-state index in [2.05, 4.69) is 25.6 Å². The first-order chi connectivity index (χ1) is 10.2. The van der Waals surface area contributed by atoms with Gasteiger partial charge in [0.2, 0.25) is 11.1 Å². The van der Waals surface area contributed by atoms with E-state index in [1.165, 1.54) is 16.3 Å². The molecule has 21 heavy (non-hydrogen) atoms. The molecule has 3 aromatic rings. The molecule has 9 heteroatoms. The second kappa shape index (κ2) is 5.75. The Kier molecular flexibility index (Phi) is 3.65. The van der Waals surface area contributed by atoms with Crippen LogP contribution >= 0.6 is 11.8 Å². The zero-order valence-electron chi connectivity index (χ0n) is 10.7. The van der Waals surface area contributed by atoms with Crippen molar-refractivity contribution < 1.29 is 4.79 Å². The molecule has 0 aliphatic rings. The number of para-hydroxylation sites is 1. The minimum atomic E-state index is -0.353. The topological polar surface area (TPSA) is 105 Å². The van der Waals surface area contributed by atoms with Crippen LogP contribution in [0.5, 0.6) is 0 Å². The van der Waals surface area contributed by atoms with Crippen molar-refractivity contribution in [3.63, 3.8) is 0 Å². The summed E-state index contributed by atoms with van der Waals surface area (Å²) in [7, 11) is 0. The summed E-state index contributed by atoms with van der Waals surface area (Å²) in [6, 6.07) is 9.17. The molecule has 8 nitrogen and oxygen atoms in total. The lowest BCUT2D eigenvalue weighted by Gasteiger charge is -2.03. The van der Waals surface area contributed by atoms with Crippen LogP contribution in [0.25, 0.3) is 5.78 Å². The molecule has 0 aliphatic carbocycles. The van der Waals surface area contributed by atoms with Gasteiger partial charge in [-0.2, -0.15) is 9.61 Å². The highest BCUT2D eigenvalue weighted by Gasteiger charge is 2.10. The predicted molar refractivity (Wildman–Crippen MR) is 77.2 cm³/mol. The summed E-state index contributed by atoms with van der Waals surface area (Å²) < 4.78 is 1.38. The van der Waals surface area contributed by atoms with Gasteiger partial charge in [-0.05, 0) is 12.1 Å². The Labute approximate surface area is 122 Å². The Morgan fingerprint density at radius 3 is 2.90 bits per heavy atom. The van der Waals surface area contributed by atoms with Gasteiger partial charge in [-0.25, -0.2) is 0 Å². The molecule has 0 saturated carbocycles. The molecule has 2 heterocycles. The average Bonchev–Trinajstić information content (AvgIpc) is 2.88. The molecule has 2 N–H and O–H groups in total. The predicted octanol–water partition coefficient (Wildman–Crippen LogP) is 0.543. The van der Waals surface area contributed by atoms with Gasteiger partial charge in [0.05, 0.1) is 5.75 Å². The first-order valence-corrected chi connectivity index (χ1v) is 6.99. The number of hydrogen-bond acceptors (Lipinski definition) is 6. The zero-order chi connectivity index (χ0) is 14.7. The Morgan fingerprint density at radius 2 is 2.10 bits per heavy atom.